The first-order valence-electron chi connectivity index (χ1n) is 12.1. The predicted molar refractivity (Wildman–Crippen MR) is 130 cm³/mol. The molecule has 0 aliphatic rings. The van der Waals surface area contributed by atoms with Gasteiger partial charge < -0.3 is 39.1 Å². The van der Waals surface area contributed by atoms with Gasteiger partial charge in [0.2, 0.25) is 12.3 Å². The van der Waals surface area contributed by atoms with Gasteiger partial charge in [-0.05, 0) is 13.8 Å². The second-order valence-electron chi connectivity index (χ2n) is 6.36. The Labute approximate surface area is 205 Å². The van der Waals surface area contributed by atoms with Crippen molar-refractivity contribution in [1.29, 1.82) is 0 Å². The highest BCUT2D eigenvalue weighted by molar-refractivity contribution is 5.77. The Morgan fingerprint density at radius 1 is 0.794 bits per heavy atom. The van der Waals surface area contributed by atoms with Crippen LogP contribution in [0, 0.1) is 0 Å². The molecule has 0 aromatic carbocycles. The molecule has 206 valence electrons. The molecule has 0 radical (unpaired) electrons. The molecule has 11 heteroatoms. The SMILES string of the molecule is CC.CC.CC(C)OCC(=O)NCCOCCOCCOCCOCCOCC(F)CNC=O. The number of halogens is 1. The zero-order valence-electron chi connectivity index (χ0n) is 22.1. The Hall–Kier alpha value is -1.37. The van der Waals surface area contributed by atoms with Gasteiger partial charge in [0, 0.05) is 6.54 Å². The molecule has 34 heavy (non-hydrogen) atoms. The number of hydrogen-bond acceptors (Lipinski definition) is 8. The molecule has 1 atom stereocenters. The average Bonchev–Trinajstić information content (AvgIpc) is 2.85. The van der Waals surface area contributed by atoms with Crippen LogP contribution in [0.3, 0.4) is 0 Å². The third-order valence-electron chi connectivity index (χ3n) is 3.33. The smallest absolute Gasteiger partial charge is 0.246 e. The van der Waals surface area contributed by atoms with E-state index >= 15 is 0 Å². The van der Waals surface area contributed by atoms with Gasteiger partial charge in [-0.2, -0.15) is 0 Å². The summed E-state index contributed by atoms with van der Waals surface area (Å²) < 4.78 is 44.7. The van der Waals surface area contributed by atoms with Gasteiger partial charge in [-0.15, -0.1) is 0 Å². The minimum absolute atomic E-state index is 0.0289. The lowest BCUT2D eigenvalue weighted by Gasteiger charge is -2.10. The van der Waals surface area contributed by atoms with Crippen molar-refractivity contribution in [3.63, 3.8) is 0 Å². The van der Waals surface area contributed by atoms with Crippen molar-refractivity contribution in [2.24, 2.45) is 0 Å². The van der Waals surface area contributed by atoms with E-state index in [0.717, 1.165) is 0 Å². The Balaban J connectivity index is -0.00000227. The zero-order valence-corrected chi connectivity index (χ0v) is 22.1. The molecule has 0 rings (SSSR count). The van der Waals surface area contributed by atoms with Crippen LogP contribution < -0.4 is 10.6 Å². The summed E-state index contributed by atoms with van der Waals surface area (Å²) in [7, 11) is 0. The van der Waals surface area contributed by atoms with E-state index in [1.807, 2.05) is 41.5 Å². The van der Waals surface area contributed by atoms with Crippen molar-refractivity contribution in [1.82, 2.24) is 10.6 Å². The molecule has 0 aliphatic heterocycles. The van der Waals surface area contributed by atoms with Crippen LogP contribution in [0.25, 0.3) is 0 Å². The van der Waals surface area contributed by atoms with Gasteiger partial charge in [0.1, 0.15) is 12.8 Å². The maximum absolute atomic E-state index is 13.1. The van der Waals surface area contributed by atoms with E-state index in [-0.39, 0.29) is 38.4 Å². The van der Waals surface area contributed by atoms with E-state index in [4.69, 9.17) is 28.4 Å². The molecule has 0 saturated carbocycles. The van der Waals surface area contributed by atoms with Gasteiger partial charge in [-0.3, -0.25) is 9.59 Å². The molecular formula is C23H49FN2O8. The summed E-state index contributed by atoms with van der Waals surface area (Å²) in [5.74, 6) is -0.158. The molecule has 0 saturated heterocycles. The Kier molecular flexibility index (Phi) is 37.0. The maximum Gasteiger partial charge on any atom is 0.246 e. The highest BCUT2D eigenvalue weighted by Crippen LogP contribution is 1.90. The topological polar surface area (TPSA) is 114 Å². The number of carbonyl (C=O) groups is 2. The van der Waals surface area contributed by atoms with Crippen LogP contribution in [0.2, 0.25) is 0 Å². The fraction of sp³-hybridized carbons (Fsp3) is 0.913. The fourth-order valence-corrected chi connectivity index (χ4v) is 1.88. The molecule has 1 unspecified atom stereocenters. The normalized spacial score (nSPS) is 11.1. The Morgan fingerprint density at radius 3 is 1.68 bits per heavy atom. The van der Waals surface area contributed by atoms with Crippen molar-refractivity contribution in [2.45, 2.75) is 53.8 Å². The lowest BCUT2D eigenvalue weighted by atomic mass is 10.4. The minimum atomic E-state index is -1.22. The number of carbonyl (C=O) groups excluding carboxylic acids is 2. The van der Waals surface area contributed by atoms with E-state index in [9.17, 15) is 14.0 Å². The van der Waals surface area contributed by atoms with Crippen LogP contribution in [-0.4, -0.2) is 110 Å². The van der Waals surface area contributed by atoms with Crippen LogP contribution >= 0.6 is 0 Å². The number of alkyl halides is 1. The number of ether oxygens (including phenoxy) is 6. The van der Waals surface area contributed by atoms with E-state index < -0.39 is 6.17 Å². The maximum atomic E-state index is 13.1. The summed E-state index contributed by atoms with van der Waals surface area (Å²) in [5, 5.41) is 4.94. The van der Waals surface area contributed by atoms with Gasteiger partial charge >= 0.3 is 0 Å². The molecule has 0 heterocycles. The lowest BCUT2D eigenvalue weighted by Crippen LogP contribution is -2.31. The van der Waals surface area contributed by atoms with Crippen molar-refractivity contribution in [2.75, 3.05) is 85.8 Å². The summed E-state index contributed by atoms with van der Waals surface area (Å²) >= 11 is 0. The summed E-state index contributed by atoms with van der Waals surface area (Å²) in [6.45, 7) is 15.7. The average molecular weight is 501 g/mol. The Bertz CT molecular complexity index is 407. The summed E-state index contributed by atoms with van der Waals surface area (Å²) in [6.07, 6.45) is -0.745. The van der Waals surface area contributed by atoms with Crippen LogP contribution in [0.5, 0.6) is 0 Å². The van der Waals surface area contributed by atoms with Crippen molar-refractivity contribution in [3.8, 4) is 0 Å². The number of hydrogen-bond donors (Lipinski definition) is 2. The van der Waals surface area contributed by atoms with Gasteiger partial charge in [0.15, 0.2) is 0 Å². The van der Waals surface area contributed by atoms with Gasteiger partial charge in [-0.1, -0.05) is 27.7 Å². The quantitative estimate of drug-likeness (QED) is 0.161. The van der Waals surface area contributed by atoms with Crippen LogP contribution in [0.15, 0.2) is 0 Å². The molecule has 0 aliphatic carbocycles. The molecular weight excluding hydrogens is 451 g/mol. The molecule has 0 bridgehead atoms. The first-order valence-corrected chi connectivity index (χ1v) is 12.1. The summed E-state index contributed by atoms with van der Waals surface area (Å²) in [5.41, 5.74) is 0. The minimum Gasteiger partial charge on any atom is -0.377 e. The van der Waals surface area contributed by atoms with Crippen molar-refractivity contribution < 1.29 is 42.4 Å². The highest BCUT2D eigenvalue weighted by Gasteiger charge is 2.05. The monoisotopic (exact) mass is 500 g/mol. The van der Waals surface area contributed by atoms with Gasteiger partial charge in [-0.25, -0.2) is 4.39 Å². The number of nitrogens with one attached hydrogen (secondary N) is 2. The molecule has 10 nitrogen and oxygen atoms in total. The third-order valence-corrected chi connectivity index (χ3v) is 3.33. The van der Waals surface area contributed by atoms with E-state index in [2.05, 4.69) is 10.6 Å². The first-order chi connectivity index (χ1) is 16.6. The van der Waals surface area contributed by atoms with Gasteiger partial charge in [0.05, 0.1) is 78.7 Å². The summed E-state index contributed by atoms with van der Waals surface area (Å²) in [4.78, 5) is 21.4. The molecule has 0 aromatic heterocycles. The van der Waals surface area contributed by atoms with E-state index in [1.54, 1.807) is 0 Å². The second-order valence-corrected chi connectivity index (χ2v) is 6.36. The number of rotatable bonds is 23. The molecule has 2 amide bonds. The van der Waals surface area contributed by atoms with Crippen molar-refractivity contribution in [3.05, 3.63) is 0 Å². The lowest BCUT2D eigenvalue weighted by molar-refractivity contribution is -0.127. The van der Waals surface area contributed by atoms with Crippen molar-refractivity contribution >= 4 is 12.3 Å². The zero-order chi connectivity index (χ0) is 26.3. The third kappa shape index (κ3) is 35.2. The largest absolute Gasteiger partial charge is 0.377 e. The number of amides is 2. The fourth-order valence-electron chi connectivity index (χ4n) is 1.88. The van der Waals surface area contributed by atoms with Gasteiger partial charge in [0.25, 0.3) is 0 Å². The molecule has 0 aromatic rings. The van der Waals surface area contributed by atoms with Crippen LogP contribution in [0.1, 0.15) is 41.5 Å². The van der Waals surface area contributed by atoms with Crippen LogP contribution in [0.4, 0.5) is 4.39 Å². The Morgan fingerprint density at radius 2 is 1.24 bits per heavy atom. The standard InChI is InChI=1S/C19H37FN2O8.2C2H6/c1-17(2)30-15-19(24)22-3-4-25-5-6-26-7-8-27-9-10-28-11-12-29-14-18(20)13-21-16-23;2*1-2/h16-18H,3-15H2,1-2H3,(H,21,23)(H,22,24);2*1-2H3. The first kappa shape index (κ1) is 37.2. The highest BCUT2D eigenvalue weighted by atomic mass is 19.1. The second kappa shape index (κ2) is 33.8. The predicted octanol–water partition coefficient (Wildman–Crippen LogP) is 1.75. The van der Waals surface area contributed by atoms with E-state index in [1.165, 1.54) is 0 Å². The molecule has 0 spiro atoms. The van der Waals surface area contributed by atoms with E-state index in [0.29, 0.717) is 65.8 Å². The van der Waals surface area contributed by atoms with Crippen LogP contribution in [-0.2, 0) is 38.0 Å². The molecule has 2 N–H and O–H groups in total. The summed E-state index contributed by atoms with van der Waals surface area (Å²) in [6, 6.07) is 0. The molecule has 0 fully saturated rings.